The summed E-state index contributed by atoms with van der Waals surface area (Å²) in [6.07, 6.45) is 5.74. The molecule has 1 aromatic rings. The van der Waals surface area contributed by atoms with E-state index in [1.54, 1.807) is 0 Å². The van der Waals surface area contributed by atoms with E-state index in [0.717, 1.165) is 25.7 Å². The van der Waals surface area contributed by atoms with Gasteiger partial charge in [0, 0.05) is 6.61 Å². The molecular weight excluding hydrogens is 274 g/mol. The standard InChI is InChI=1S/C17H22F2O2/c18-13-5-4-6-14(19)15(13)16(20)12-7-10-21-17(11-12)8-2-1-3-9-17/h4-6,12,16,20H,1-3,7-11H2. The molecule has 1 saturated heterocycles. The van der Waals surface area contributed by atoms with Gasteiger partial charge < -0.3 is 9.84 Å². The fourth-order valence-corrected chi connectivity index (χ4v) is 3.91. The Kier molecular flexibility index (Phi) is 4.27. The SMILES string of the molecule is OC(c1c(F)cccc1F)C1CCOC2(CCCCC2)C1. The molecule has 0 radical (unpaired) electrons. The first-order valence-electron chi connectivity index (χ1n) is 7.87. The van der Waals surface area contributed by atoms with Crippen molar-refractivity contribution < 1.29 is 18.6 Å². The molecule has 1 aromatic carbocycles. The fourth-order valence-electron chi connectivity index (χ4n) is 3.91. The molecule has 1 heterocycles. The van der Waals surface area contributed by atoms with Crippen LogP contribution in [0, 0.1) is 17.6 Å². The molecule has 2 nitrogen and oxygen atoms in total. The fraction of sp³-hybridized carbons (Fsp3) is 0.647. The number of rotatable bonds is 2. The normalized spacial score (nSPS) is 26.7. The molecular formula is C17H22F2O2. The van der Waals surface area contributed by atoms with Crippen LogP contribution in [0.4, 0.5) is 8.78 Å². The molecule has 0 bridgehead atoms. The molecule has 1 N–H and O–H groups in total. The molecule has 4 heteroatoms. The van der Waals surface area contributed by atoms with E-state index >= 15 is 0 Å². The summed E-state index contributed by atoms with van der Waals surface area (Å²) in [5.74, 6) is -1.46. The zero-order valence-electron chi connectivity index (χ0n) is 12.2. The number of hydrogen-bond donors (Lipinski definition) is 1. The highest BCUT2D eigenvalue weighted by Crippen LogP contribution is 2.44. The summed E-state index contributed by atoms with van der Waals surface area (Å²) >= 11 is 0. The Morgan fingerprint density at radius 3 is 2.48 bits per heavy atom. The van der Waals surface area contributed by atoms with Gasteiger partial charge in [-0.1, -0.05) is 25.3 Å². The Morgan fingerprint density at radius 2 is 1.81 bits per heavy atom. The molecule has 0 aromatic heterocycles. The van der Waals surface area contributed by atoms with E-state index in [9.17, 15) is 13.9 Å². The van der Waals surface area contributed by atoms with Crippen LogP contribution in [0.3, 0.4) is 0 Å². The summed E-state index contributed by atoms with van der Waals surface area (Å²) in [7, 11) is 0. The first kappa shape index (κ1) is 14.9. The number of hydrogen-bond acceptors (Lipinski definition) is 2. The summed E-state index contributed by atoms with van der Waals surface area (Å²) in [5.41, 5.74) is -0.362. The Labute approximate surface area is 124 Å². The van der Waals surface area contributed by atoms with Crippen molar-refractivity contribution in [3.05, 3.63) is 35.4 Å². The zero-order chi connectivity index (χ0) is 14.9. The van der Waals surface area contributed by atoms with E-state index in [1.807, 2.05) is 0 Å². The van der Waals surface area contributed by atoms with Crippen molar-refractivity contribution in [2.75, 3.05) is 6.61 Å². The summed E-state index contributed by atoms with van der Waals surface area (Å²) in [6, 6.07) is 3.74. The van der Waals surface area contributed by atoms with Crippen LogP contribution in [0.25, 0.3) is 0 Å². The van der Waals surface area contributed by atoms with E-state index < -0.39 is 17.7 Å². The molecule has 1 saturated carbocycles. The zero-order valence-corrected chi connectivity index (χ0v) is 12.2. The average molecular weight is 296 g/mol. The lowest BCUT2D eigenvalue weighted by Gasteiger charge is -2.44. The van der Waals surface area contributed by atoms with Gasteiger partial charge in [0.1, 0.15) is 11.6 Å². The maximum atomic E-state index is 13.9. The van der Waals surface area contributed by atoms with Gasteiger partial charge in [-0.25, -0.2) is 8.78 Å². The van der Waals surface area contributed by atoms with Gasteiger partial charge in [-0.05, 0) is 43.7 Å². The van der Waals surface area contributed by atoms with E-state index in [0.29, 0.717) is 19.4 Å². The molecule has 21 heavy (non-hydrogen) atoms. The first-order valence-corrected chi connectivity index (χ1v) is 7.87. The van der Waals surface area contributed by atoms with Crippen LogP contribution in [0.1, 0.15) is 56.6 Å². The lowest BCUT2D eigenvalue weighted by atomic mass is 9.73. The third-order valence-electron chi connectivity index (χ3n) is 5.04. The van der Waals surface area contributed by atoms with Gasteiger partial charge in [-0.2, -0.15) is 0 Å². The van der Waals surface area contributed by atoms with Crippen molar-refractivity contribution in [1.29, 1.82) is 0 Å². The topological polar surface area (TPSA) is 29.5 Å². The van der Waals surface area contributed by atoms with Crippen LogP contribution in [-0.2, 0) is 4.74 Å². The number of halogens is 2. The summed E-state index contributed by atoms with van der Waals surface area (Å²) < 4.78 is 33.7. The average Bonchev–Trinajstić information content (AvgIpc) is 2.48. The maximum Gasteiger partial charge on any atom is 0.131 e. The Balaban J connectivity index is 1.79. The van der Waals surface area contributed by atoms with Crippen LogP contribution in [0.5, 0.6) is 0 Å². The summed E-state index contributed by atoms with van der Waals surface area (Å²) in [4.78, 5) is 0. The Morgan fingerprint density at radius 1 is 1.14 bits per heavy atom. The Hall–Kier alpha value is -1.00. The van der Waals surface area contributed by atoms with E-state index in [-0.39, 0.29) is 17.1 Å². The van der Waals surface area contributed by atoms with Crippen molar-refractivity contribution in [3.63, 3.8) is 0 Å². The van der Waals surface area contributed by atoms with Crippen LogP contribution >= 0.6 is 0 Å². The molecule has 1 aliphatic heterocycles. The lowest BCUT2D eigenvalue weighted by Crippen LogP contribution is -2.43. The van der Waals surface area contributed by atoms with Crippen molar-refractivity contribution in [2.45, 2.75) is 56.7 Å². The van der Waals surface area contributed by atoms with Gasteiger partial charge in [0.2, 0.25) is 0 Å². The quantitative estimate of drug-likeness (QED) is 0.889. The van der Waals surface area contributed by atoms with Gasteiger partial charge in [0.05, 0.1) is 17.3 Å². The maximum absolute atomic E-state index is 13.9. The third kappa shape index (κ3) is 2.97. The minimum absolute atomic E-state index is 0.136. The molecule has 1 spiro atoms. The molecule has 3 rings (SSSR count). The predicted octanol–water partition coefficient (Wildman–Crippen LogP) is 4.13. The van der Waals surface area contributed by atoms with E-state index in [2.05, 4.69) is 0 Å². The largest absolute Gasteiger partial charge is 0.388 e. The number of benzene rings is 1. The lowest BCUT2D eigenvalue weighted by molar-refractivity contribution is -0.134. The second kappa shape index (κ2) is 6.01. The minimum Gasteiger partial charge on any atom is -0.388 e. The smallest absolute Gasteiger partial charge is 0.131 e. The van der Waals surface area contributed by atoms with Gasteiger partial charge in [-0.3, -0.25) is 0 Å². The van der Waals surface area contributed by atoms with Crippen molar-refractivity contribution in [1.82, 2.24) is 0 Å². The number of ether oxygens (including phenoxy) is 1. The molecule has 2 fully saturated rings. The van der Waals surface area contributed by atoms with Crippen molar-refractivity contribution in [2.24, 2.45) is 5.92 Å². The molecule has 2 atom stereocenters. The highest BCUT2D eigenvalue weighted by molar-refractivity contribution is 5.23. The minimum atomic E-state index is -1.09. The Bertz CT molecular complexity index is 472. The summed E-state index contributed by atoms with van der Waals surface area (Å²) in [6.45, 7) is 0.567. The molecule has 0 amide bonds. The van der Waals surface area contributed by atoms with Gasteiger partial charge in [0.25, 0.3) is 0 Å². The van der Waals surface area contributed by atoms with Crippen molar-refractivity contribution in [3.8, 4) is 0 Å². The van der Waals surface area contributed by atoms with Crippen LogP contribution in [0.15, 0.2) is 18.2 Å². The molecule has 2 unspecified atom stereocenters. The highest BCUT2D eigenvalue weighted by atomic mass is 19.1. The first-order chi connectivity index (χ1) is 10.1. The second-order valence-electron chi connectivity index (χ2n) is 6.43. The number of aliphatic hydroxyl groups is 1. The van der Waals surface area contributed by atoms with Crippen LogP contribution < -0.4 is 0 Å². The molecule has 1 aliphatic carbocycles. The van der Waals surface area contributed by atoms with Gasteiger partial charge in [-0.15, -0.1) is 0 Å². The van der Waals surface area contributed by atoms with Crippen molar-refractivity contribution >= 4 is 0 Å². The third-order valence-corrected chi connectivity index (χ3v) is 5.04. The van der Waals surface area contributed by atoms with Crippen LogP contribution in [-0.4, -0.2) is 17.3 Å². The van der Waals surface area contributed by atoms with Gasteiger partial charge in [0.15, 0.2) is 0 Å². The highest BCUT2D eigenvalue weighted by Gasteiger charge is 2.41. The number of aliphatic hydroxyl groups excluding tert-OH is 1. The van der Waals surface area contributed by atoms with Crippen LogP contribution in [0.2, 0.25) is 0 Å². The molecule has 2 aliphatic rings. The van der Waals surface area contributed by atoms with E-state index in [1.165, 1.54) is 24.6 Å². The van der Waals surface area contributed by atoms with E-state index in [4.69, 9.17) is 4.74 Å². The monoisotopic (exact) mass is 296 g/mol. The molecule has 116 valence electrons. The predicted molar refractivity (Wildman–Crippen MR) is 75.8 cm³/mol. The summed E-state index contributed by atoms with van der Waals surface area (Å²) in [5, 5.41) is 10.5. The van der Waals surface area contributed by atoms with Gasteiger partial charge >= 0.3 is 0 Å². The second-order valence-corrected chi connectivity index (χ2v) is 6.43.